The van der Waals surface area contributed by atoms with Crippen LogP contribution in [0.2, 0.25) is 0 Å². The van der Waals surface area contributed by atoms with Crippen LogP contribution in [0.15, 0.2) is 47.6 Å². The average Bonchev–Trinajstić information content (AvgIpc) is 3.27. The largest absolute Gasteiger partial charge is 0.274 e. The Kier molecular flexibility index (Phi) is 3.24. The third kappa shape index (κ3) is 2.03. The Morgan fingerprint density at radius 3 is 1.96 bits per heavy atom. The van der Waals surface area contributed by atoms with Crippen LogP contribution in [0.1, 0.15) is 32.1 Å². The molecule has 1 heterocycles. The van der Waals surface area contributed by atoms with Gasteiger partial charge in [-0.1, -0.05) is 29.7 Å². The summed E-state index contributed by atoms with van der Waals surface area (Å²) >= 11 is 0. The van der Waals surface area contributed by atoms with Gasteiger partial charge in [0.15, 0.2) is 0 Å². The maximum absolute atomic E-state index is 13.2. The third-order valence-corrected chi connectivity index (χ3v) is 6.37. The van der Waals surface area contributed by atoms with Crippen molar-refractivity contribution in [3.63, 3.8) is 0 Å². The normalized spacial score (nSPS) is 33.6. The number of benzene rings is 1. The number of imide groups is 1. The van der Waals surface area contributed by atoms with E-state index in [1.165, 1.54) is 59.6 Å². The summed E-state index contributed by atoms with van der Waals surface area (Å²) in [5.41, 5.74) is 3.35. The molecule has 2 saturated carbocycles. The van der Waals surface area contributed by atoms with Crippen molar-refractivity contribution in [3.8, 4) is 0 Å². The highest BCUT2D eigenvalue weighted by molar-refractivity contribution is 6.23. The Bertz CT molecular complexity index is 781. The number of fused-ring (bicyclic) bond motifs is 5. The first kappa shape index (κ1) is 15.1. The van der Waals surface area contributed by atoms with Crippen molar-refractivity contribution in [1.82, 2.24) is 0 Å². The molecule has 2 amide bonds. The van der Waals surface area contributed by atoms with Crippen LogP contribution in [0.4, 0.5) is 10.1 Å². The summed E-state index contributed by atoms with van der Waals surface area (Å²) in [5, 5.41) is 0. The van der Waals surface area contributed by atoms with Gasteiger partial charge in [-0.05, 0) is 49.9 Å². The molecule has 4 aliphatic rings. The molecule has 3 nitrogen and oxygen atoms in total. The van der Waals surface area contributed by atoms with Crippen LogP contribution in [0, 0.1) is 29.5 Å². The van der Waals surface area contributed by atoms with Crippen LogP contribution < -0.4 is 4.90 Å². The van der Waals surface area contributed by atoms with Gasteiger partial charge in [0, 0.05) is 11.8 Å². The van der Waals surface area contributed by atoms with Gasteiger partial charge in [0.25, 0.3) is 0 Å². The van der Waals surface area contributed by atoms with E-state index in [2.05, 4.69) is 12.2 Å². The van der Waals surface area contributed by atoms with E-state index in [-0.39, 0.29) is 41.3 Å². The molecule has 128 valence electrons. The number of hydrogen-bond donors (Lipinski definition) is 0. The summed E-state index contributed by atoms with van der Waals surface area (Å²) in [5.74, 6) is -0.960. The molecule has 1 aromatic rings. The van der Waals surface area contributed by atoms with Gasteiger partial charge in [0.2, 0.25) is 11.8 Å². The van der Waals surface area contributed by atoms with E-state index in [0.717, 1.165) is 12.8 Å². The lowest BCUT2D eigenvalue weighted by molar-refractivity contribution is -0.122. The van der Waals surface area contributed by atoms with Crippen LogP contribution in [0.3, 0.4) is 0 Å². The predicted octanol–water partition coefficient (Wildman–Crippen LogP) is 4.01. The fraction of sp³-hybridized carbons (Fsp3) is 0.429. The molecule has 3 fully saturated rings. The highest BCUT2D eigenvalue weighted by Gasteiger charge is 2.62. The number of anilines is 1. The smallest absolute Gasteiger partial charge is 0.238 e. The maximum atomic E-state index is 13.2. The second-order valence-corrected chi connectivity index (χ2v) is 7.60. The molecule has 5 rings (SSSR count). The number of carbonyl (C=O) groups is 2. The number of allylic oxidation sites excluding steroid dienone is 4. The van der Waals surface area contributed by atoms with Crippen molar-refractivity contribution in [2.24, 2.45) is 23.7 Å². The Morgan fingerprint density at radius 2 is 1.40 bits per heavy atom. The van der Waals surface area contributed by atoms with Crippen molar-refractivity contribution >= 4 is 17.5 Å². The van der Waals surface area contributed by atoms with Gasteiger partial charge in [-0.25, -0.2) is 9.29 Å². The SMILES string of the molecule is O=C1[C@@H]2[C@H](C(=O)N1c1ccc(F)cc1)[C@H]1C=C[C@@H]2C1=C1CCCCC1. The van der Waals surface area contributed by atoms with Gasteiger partial charge in [-0.15, -0.1) is 0 Å². The molecule has 1 aromatic carbocycles. The monoisotopic (exact) mass is 337 g/mol. The summed E-state index contributed by atoms with van der Waals surface area (Å²) in [7, 11) is 0. The Hall–Kier alpha value is -2.23. The average molecular weight is 337 g/mol. The molecular formula is C21H20FNO2. The van der Waals surface area contributed by atoms with Crippen LogP contribution in [-0.2, 0) is 9.59 Å². The van der Waals surface area contributed by atoms with E-state index in [1.807, 2.05) is 0 Å². The van der Waals surface area contributed by atoms with E-state index < -0.39 is 0 Å². The van der Waals surface area contributed by atoms with E-state index in [9.17, 15) is 14.0 Å². The zero-order valence-corrected chi connectivity index (χ0v) is 14.0. The van der Waals surface area contributed by atoms with Crippen molar-refractivity contribution in [2.75, 3.05) is 4.90 Å². The summed E-state index contributed by atoms with van der Waals surface area (Å²) in [6, 6.07) is 5.63. The fourth-order valence-electron chi connectivity index (χ4n) is 5.35. The van der Waals surface area contributed by atoms with Gasteiger partial charge in [0.1, 0.15) is 5.82 Å². The molecule has 0 spiro atoms. The van der Waals surface area contributed by atoms with Gasteiger partial charge in [-0.3, -0.25) is 9.59 Å². The second-order valence-electron chi connectivity index (χ2n) is 7.60. The van der Waals surface area contributed by atoms with E-state index in [4.69, 9.17) is 0 Å². The van der Waals surface area contributed by atoms with Crippen LogP contribution >= 0.6 is 0 Å². The van der Waals surface area contributed by atoms with E-state index >= 15 is 0 Å². The molecule has 1 saturated heterocycles. The number of hydrogen-bond acceptors (Lipinski definition) is 2. The van der Waals surface area contributed by atoms with E-state index in [1.54, 1.807) is 0 Å². The molecule has 4 atom stereocenters. The number of amides is 2. The second kappa shape index (κ2) is 5.38. The van der Waals surface area contributed by atoms with Crippen molar-refractivity contribution < 1.29 is 14.0 Å². The van der Waals surface area contributed by atoms with Crippen molar-refractivity contribution in [3.05, 3.63) is 53.4 Å². The van der Waals surface area contributed by atoms with Crippen LogP contribution in [-0.4, -0.2) is 11.8 Å². The first-order valence-electron chi connectivity index (χ1n) is 9.20. The Labute approximate surface area is 146 Å². The minimum Gasteiger partial charge on any atom is -0.274 e. The first-order chi connectivity index (χ1) is 12.2. The first-order valence-corrected chi connectivity index (χ1v) is 9.20. The zero-order valence-electron chi connectivity index (χ0n) is 14.0. The topological polar surface area (TPSA) is 37.4 Å². The summed E-state index contributed by atoms with van der Waals surface area (Å²) in [6.07, 6.45) is 10.2. The molecule has 0 aromatic heterocycles. The molecule has 3 aliphatic carbocycles. The lowest BCUT2D eigenvalue weighted by atomic mass is 9.85. The van der Waals surface area contributed by atoms with Gasteiger partial charge in [-0.2, -0.15) is 0 Å². The summed E-state index contributed by atoms with van der Waals surface area (Å²) in [4.78, 5) is 27.4. The lowest BCUT2D eigenvalue weighted by Crippen LogP contribution is -2.33. The zero-order chi connectivity index (χ0) is 17.1. The molecule has 1 aliphatic heterocycles. The number of carbonyl (C=O) groups excluding carboxylic acids is 2. The molecular weight excluding hydrogens is 317 g/mol. The fourth-order valence-corrected chi connectivity index (χ4v) is 5.35. The molecule has 0 radical (unpaired) electrons. The number of halogens is 1. The third-order valence-electron chi connectivity index (χ3n) is 6.37. The quantitative estimate of drug-likeness (QED) is 0.574. The minimum absolute atomic E-state index is 0.0880. The molecule has 0 unspecified atom stereocenters. The maximum Gasteiger partial charge on any atom is 0.238 e. The standard InChI is InChI=1S/C21H20FNO2/c22-13-6-8-14(9-7-13)23-20(24)18-15-10-11-16(19(18)21(23)25)17(15)12-4-2-1-3-5-12/h6-11,15-16,18-19H,1-5H2/t15-,16+,18+,19-. The van der Waals surface area contributed by atoms with E-state index in [0.29, 0.717) is 5.69 Å². The molecule has 2 bridgehead atoms. The molecule has 0 N–H and O–H groups in total. The number of nitrogens with zero attached hydrogens (tertiary/aromatic N) is 1. The molecule has 4 heteroatoms. The highest BCUT2D eigenvalue weighted by atomic mass is 19.1. The van der Waals surface area contributed by atoms with Crippen molar-refractivity contribution in [2.45, 2.75) is 32.1 Å². The van der Waals surface area contributed by atoms with Crippen molar-refractivity contribution in [1.29, 1.82) is 0 Å². The molecule has 25 heavy (non-hydrogen) atoms. The Morgan fingerprint density at radius 1 is 0.840 bits per heavy atom. The van der Waals surface area contributed by atoms with Crippen LogP contribution in [0.5, 0.6) is 0 Å². The van der Waals surface area contributed by atoms with Gasteiger partial charge in [0.05, 0.1) is 17.5 Å². The number of rotatable bonds is 1. The lowest BCUT2D eigenvalue weighted by Gasteiger charge is -2.23. The predicted molar refractivity (Wildman–Crippen MR) is 92.1 cm³/mol. The minimum atomic E-state index is -0.367. The van der Waals surface area contributed by atoms with Gasteiger partial charge >= 0.3 is 0 Å². The highest BCUT2D eigenvalue weighted by Crippen LogP contribution is 2.58. The Balaban J connectivity index is 1.52. The van der Waals surface area contributed by atoms with Gasteiger partial charge < -0.3 is 0 Å². The summed E-state index contributed by atoms with van der Waals surface area (Å²) in [6.45, 7) is 0. The van der Waals surface area contributed by atoms with Crippen LogP contribution in [0.25, 0.3) is 0 Å². The summed E-state index contributed by atoms with van der Waals surface area (Å²) < 4.78 is 13.2.